The van der Waals surface area contributed by atoms with Gasteiger partial charge in [0.05, 0.1) is 12.0 Å². The van der Waals surface area contributed by atoms with Crippen LogP contribution in [0.4, 0.5) is 13.2 Å². The van der Waals surface area contributed by atoms with Crippen LogP contribution in [0, 0.1) is 12.3 Å². The lowest BCUT2D eigenvalue weighted by Gasteiger charge is -2.12. The third kappa shape index (κ3) is 7.42. The van der Waals surface area contributed by atoms with E-state index in [1.165, 1.54) is 30.3 Å². The molecule has 0 saturated heterocycles. The molecular weight excluding hydrogens is 425 g/mol. The summed E-state index contributed by atoms with van der Waals surface area (Å²) in [6.07, 6.45) is 1.22. The lowest BCUT2D eigenvalue weighted by Crippen LogP contribution is -2.11. The Kier molecular flexibility index (Phi) is 7.48. The number of esters is 1. The van der Waals surface area contributed by atoms with Gasteiger partial charge in [-0.05, 0) is 47.4 Å². The average Bonchev–Trinajstić information content (AvgIpc) is 2.64. The van der Waals surface area contributed by atoms with Crippen molar-refractivity contribution in [3.8, 4) is 18.1 Å². The lowest BCUT2D eigenvalue weighted by atomic mass is 10.0. The molecule has 0 amide bonds. The van der Waals surface area contributed by atoms with Gasteiger partial charge in [0.2, 0.25) is 0 Å². The summed E-state index contributed by atoms with van der Waals surface area (Å²) < 4.78 is 77.8. The van der Waals surface area contributed by atoms with Crippen LogP contribution in [0.15, 0.2) is 42.5 Å². The van der Waals surface area contributed by atoms with E-state index in [2.05, 4.69) is 10.1 Å². The highest BCUT2D eigenvalue weighted by atomic mass is 32.3. The fourth-order valence-electron chi connectivity index (χ4n) is 2.54. The smallest absolute Gasteiger partial charge is 0.446 e. The number of ether oxygens (including phenoxy) is 1. The van der Waals surface area contributed by atoms with Gasteiger partial charge in [0, 0.05) is 6.42 Å². The molecule has 0 saturated carbocycles. The molecule has 2 rings (SSSR count). The van der Waals surface area contributed by atoms with Gasteiger partial charge < -0.3 is 8.92 Å². The Morgan fingerprint density at radius 1 is 1.10 bits per heavy atom. The molecule has 0 spiro atoms. The molecule has 0 aliphatic rings. The quantitative estimate of drug-likeness (QED) is 0.381. The van der Waals surface area contributed by atoms with Crippen molar-refractivity contribution in [2.45, 2.75) is 32.0 Å². The minimum atomic E-state index is -4.70. The molecule has 0 aliphatic heterocycles. The van der Waals surface area contributed by atoms with E-state index in [4.69, 9.17) is 15.7 Å². The van der Waals surface area contributed by atoms with E-state index in [9.17, 15) is 26.4 Å². The second-order valence-electron chi connectivity index (χ2n) is 6.18. The third-order valence-electron chi connectivity index (χ3n) is 3.94. The number of hydrogen-bond donors (Lipinski definition) is 1. The molecule has 0 fully saturated rings. The molecule has 2 aromatic carbocycles. The Balaban J connectivity index is 2.04. The Morgan fingerprint density at radius 3 is 2.33 bits per heavy atom. The van der Waals surface area contributed by atoms with Gasteiger partial charge in [-0.25, -0.2) is 0 Å². The van der Waals surface area contributed by atoms with Crippen molar-refractivity contribution in [3.05, 3.63) is 64.7 Å². The summed E-state index contributed by atoms with van der Waals surface area (Å²) in [5.74, 6) is 1.64. The number of carbonyl (C=O) groups excluding carboxylic acids is 1. The zero-order chi connectivity index (χ0) is 22.4. The maximum absolute atomic E-state index is 12.6. The minimum absolute atomic E-state index is 0.135. The molecule has 6 nitrogen and oxygen atoms in total. The zero-order valence-corrected chi connectivity index (χ0v) is 16.3. The van der Waals surface area contributed by atoms with E-state index in [0.29, 0.717) is 29.5 Å². The molecule has 0 aromatic heterocycles. The second-order valence-corrected chi connectivity index (χ2v) is 7.20. The number of aryl methyl sites for hydroxylation is 1. The molecule has 30 heavy (non-hydrogen) atoms. The van der Waals surface area contributed by atoms with Crippen molar-refractivity contribution in [2.24, 2.45) is 0 Å². The van der Waals surface area contributed by atoms with Crippen molar-refractivity contribution < 1.29 is 39.9 Å². The SMILES string of the molecule is C#CCCc1cc(OS(=O)(=O)O)ccc1COC(=O)Cc1ccc(C(F)(F)F)cc1. The van der Waals surface area contributed by atoms with Crippen LogP contribution >= 0.6 is 0 Å². The Hall–Kier alpha value is -3.03. The largest absolute Gasteiger partial charge is 0.461 e. The predicted molar refractivity (Wildman–Crippen MR) is 101 cm³/mol. The van der Waals surface area contributed by atoms with Gasteiger partial charge in [0.25, 0.3) is 0 Å². The van der Waals surface area contributed by atoms with Crippen molar-refractivity contribution in [1.29, 1.82) is 0 Å². The molecule has 0 radical (unpaired) electrons. The number of terminal acetylenes is 1. The Bertz CT molecular complexity index is 1040. The van der Waals surface area contributed by atoms with Gasteiger partial charge in [-0.1, -0.05) is 18.2 Å². The topological polar surface area (TPSA) is 89.9 Å². The van der Waals surface area contributed by atoms with E-state index >= 15 is 0 Å². The van der Waals surface area contributed by atoms with Crippen LogP contribution in [0.5, 0.6) is 5.75 Å². The highest BCUT2D eigenvalue weighted by molar-refractivity contribution is 7.81. The molecule has 0 atom stereocenters. The second kappa shape index (κ2) is 9.65. The Morgan fingerprint density at radius 2 is 1.77 bits per heavy atom. The van der Waals surface area contributed by atoms with Crippen LogP contribution in [0.2, 0.25) is 0 Å². The summed E-state index contributed by atoms with van der Waals surface area (Å²) in [4.78, 5) is 12.0. The fourth-order valence-corrected chi connectivity index (χ4v) is 2.89. The van der Waals surface area contributed by atoms with Crippen LogP contribution in [0.1, 0.15) is 28.7 Å². The van der Waals surface area contributed by atoms with Crippen molar-refractivity contribution in [3.63, 3.8) is 0 Å². The van der Waals surface area contributed by atoms with E-state index < -0.39 is 28.1 Å². The summed E-state index contributed by atoms with van der Waals surface area (Å²) in [6, 6.07) is 8.24. The summed E-state index contributed by atoms with van der Waals surface area (Å²) in [6.45, 7) is -0.161. The number of carbonyl (C=O) groups is 1. The number of benzene rings is 2. The molecule has 1 N–H and O–H groups in total. The minimum Gasteiger partial charge on any atom is -0.461 e. The maximum Gasteiger partial charge on any atom is 0.446 e. The fraction of sp³-hybridized carbons (Fsp3) is 0.250. The van der Waals surface area contributed by atoms with Crippen LogP contribution in [0.25, 0.3) is 0 Å². The number of rotatable bonds is 8. The summed E-state index contributed by atoms with van der Waals surface area (Å²) in [5, 5.41) is 0. The highest BCUT2D eigenvalue weighted by Gasteiger charge is 2.30. The number of hydrogen-bond acceptors (Lipinski definition) is 5. The third-order valence-corrected chi connectivity index (χ3v) is 4.34. The van der Waals surface area contributed by atoms with E-state index in [1.807, 2.05) is 0 Å². The molecule has 0 aliphatic carbocycles. The van der Waals surface area contributed by atoms with E-state index in [0.717, 1.165) is 12.1 Å². The molecule has 10 heteroatoms. The summed E-state index contributed by atoms with van der Waals surface area (Å²) in [5.41, 5.74) is 0.632. The lowest BCUT2D eigenvalue weighted by molar-refractivity contribution is -0.144. The van der Waals surface area contributed by atoms with E-state index in [-0.39, 0.29) is 18.8 Å². The van der Waals surface area contributed by atoms with E-state index in [1.54, 1.807) is 0 Å². The number of alkyl halides is 3. The van der Waals surface area contributed by atoms with Crippen LogP contribution in [0.3, 0.4) is 0 Å². The van der Waals surface area contributed by atoms with Crippen LogP contribution in [-0.4, -0.2) is 18.9 Å². The molecule has 0 bridgehead atoms. The van der Waals surface area contributed by atoms with Crippen molar-refractivity contribution >= 4 is 16.4 Å². The normalized spacial score (nSPS) is 11.6. The monoisotopic (exact) mass is 442 g/mol. The average molecular weight is 442 g/mol. The van der Waals surface area contributed by atoms with Gasteiger partial charge in [0.1, 0.15) is 12.4 Å². The first-order valence-electron chi connectivity index (χ1n) is 8.52. The first-order chi connectivity index (χ1) is 14.0. The van der Waals surface area contributed by atoms with Gasteiger partial charge in [-0.15, -0.1) is 12.3 Å². The maximum atomic E-state index is 12.6. The van der Waals surface area contributed by atoms with Crippen molar-refractivity contribution in [2.75, 3.05) is 0 Å². The molecular formula is C20H17F3O6S. The molecule has 2 aromatic rings. The standard InChI is InChI=1S/C20H17F3O6S/c1-2-3-4-15-12-18(29-30(25,26)27)10-7-16(15)13-28-19(24)11-14-5-8-17(9-6-14)20(21,22)23/h1,5-10,12H,3-4,11,13H2,(H,25,26,27). The van der Waals surface area contributed by atoms with Gasteiger partial charge in [-0.3, -0.25) is 9.35 Å². The zero-order valence-electron chi connectivity index (χ0n) is 15.5. The van der Waals surface area contributed by atoms with Crippen LogP contribution in [-0.2, 0) is 45.6 Å². The number of halogens is 3. The molecule has 160 valence electrons. The van der Waals surface area contributed by atoms with Crippen LogP contribution < -0.4 is 4.18 Å². The highest BCUT2D eigenvalue weighted by Crippen LogP contribution is 2.29. The van der Waals surface area contributed by atoms with Gasteiger partial charge in [-0.2, -0.15) is 21.6 Å². The first-order valence-corrected chi connectivity index (χ1v) is 9.88. The first kappa shape index (κ1) is 23.3. The summed E-state index contributed by atoms with van der Waals surface area (Å²) in [7, 11) is -4.70. The van der Waals surface area contributed by atoms with Crippen molar-refractivity contribution in [1.82, 2.24) is 0 Å². The molecule has 0 heterocycles. The van der Waals surface area contributed by atoms with Gasteiger partial charge in [0.15, 0.2) is 0 Å². The summed E-state index contributed by atoms with van der Waals surface area (Å²) >= 11 is 0. The van der Waals surface area contributed by atoms with Gasteiger partial charge >= 0.3 is 22.5 Å². The predicted octanol–water partition coefficient (Wildman–Crippen LogP) is 3.74. The Labute approximate surface area is 171 Å². The molecule has 0 unspecified atom stereocenters.